The zero-order valence-corrected chi connectivity index (χ0v) is 20.6. The van der Waals surface area contributed by atoms with E-state index >= 15 is 0 Å². The summed E-state index contributed by atoms with van der Waals surface area (Å²) >= 11 is 0. The molecule has 2 heterocycles. The number of nitrogens with zero attached hydrogens (tertiary/aromatic N) is 3. The summed E-state index contributed by atoms with van der Waals surface area (Å²) in [5.74, 6) is 0.485. The highest BCUT2D eigenvalue weighted by Crippen LogP contribution is 2.27. The molecule has 1 unspecified atom stereocenters. The maximum absolute atomic E-state index is 12.4. The molecule has 2 aromatic heterocycles. The molecule has 0 saturated carbocycles. The van der Waals surface area contributed by atoms with Gasteiger partial charge in [-0.1, -0.05) is 24.8 Å². The van der Waals surface area contributed by atoms with Crippen molar-refractivity contribution in [2.75, 3.05) is 11.9 Å². The average molecular weight is 450 g/mol. The fourth-order valence-electron chi connectivity index (χ4n) is 3.27. The third kappa shape index (κ3) is 7.12. The lowest BCUT2D eigenvalue weighted by Gasteiger charge is -2.24. The monoisotopic (exact) mass is 449 g/mol. The number of anilines is 1. The zero-order valence-electron chi connectivity index (χ0n) is 20.6. The van der Waals surface area contributed by atoms with Gasteiger partial charge in [-0.15, -0.1) is 6.58 Å². The summed E-state index contributed by atoms with van der Waals surface area (Å²) in [6, 6.07) is 3.77. The number of fused-ring (bicyclic) bond motifs is 1. The lowest BCUT2D eigenvalue weighted by Crippen LogP contribution is -2.34. The van der Waals surface area contributed by atoms with Gasteiger partial charge in [0, 0.05) is 30.2 Å². The van der Waals surface area contributed by atoms with E-state index in [2.05, 4.69) is 23.1 Å². The van der Waals surface area contributed by atoms with E-state index in [1.165, 1.54) is 4.90 Å². The van der Waals surface area contributed by atoms with Crippen molar-refractivity contribution in [3.63, 3.8) is 0 Å². The summed E-state index contributed by atoms with van der Waals surface area (Å²) in [5, 5.41) is 12.0. The number of carbonyl (C=O) groups is 1. The summed E-state index contributed by atoms with van der Waals surface area (Å²) in [6.45, 7) is 17.1. The predicted octanol–water partition coefficient (Wildman–Crippen LogP) is 6.23. The normalized spacial score (nSPS) is 13.5. The second kappa shape index (κ2) is 11.1. The first kappa shape index (κ1) is 26.0. The van der Waals surface area contributed by atoms with Crippen molar-refractivity contribution in [3.8, 4) is 0 Å². The van der Waals surface area contributed by atoms with Gasteiger partial charge < -0.3 is 9.84 Å². The summed E-state index contributed by atoms with van der Waals surface area (Å²) < 4.78 is 5.42. The van der Waals surface area contributed by atoms with E-state index in [0.717, 1.165) is 34.0 Å². The minimum atomic E-state index is -0.606. The van der Waals surface area contributed by atoms with Crippen LogP contribution < -0.4 is 4.90 Å². The fourth-order valence-corrected chi connectivity index (χ4v) is 3.27. The molecule has 0 aromatic carbocycles. The zero-order chi connectivity index (χ0) is 24.8. The van der Waals surface area contributed by atoms with Crippen LogP contribution in [0.1, 0.15) is 53.2 Å². The first-order chi connectivity index (χ1) is 15.5. The lowest BCUT2D eigenvalue weighted by molar-refractivity contribution is 0.0588. The Hall–Kier alpha value is -3.25. The van der Waals surface area contributed by atoms with Crippen LogP contribution in [0.25, 0.3) is 16.3 Å². The molecule has 33 heavy (non-hydrogen) atoms. The number of aliphatic hydroxyl groups is 1. The molecule has 1 atom stereocenters. The molecular formula is C27H35N3O3. The molecule has 0 aliphatic rings. The third-order valence-electron chi connectivity index (χ3n) is 5.06. The number of hydrogen-bond acceptors (Lipinski definition) is 5. The fraction of sp³-hybridized carbons (Fsp3) is 0.370. The first-order valence-corrected chi connectivity index (χ1v) is 11.0. The highest BCUT2D eigenvalue weighted by molar-refractivity contribution is 5.92. The van der Waals surface area contributed by atoms with E-state index in [1.54, 1.807) is 25.5 Å². The first-order valence-electron chi connectivity index (χ1n) is 11.0. The second-order valence-corrected chi connectivity index (χ2v) is 8.98. The minimum absolute atomic E-state index is 0.466. The standard InChI is InChI=1S/C27H35N3O3/c1-9-11-12-24(31)19(4)13-18(3)22(10-2)23-14-20-17-29-25(15-21(20)16-28-23)30(8)26(32)33-27(5,6)7/h9-10,13-17,24,31H,1,4,11-12H2,2-3,5-8H3/b18-13-,22-10+. The third-order valence-corrected chi connectivity index (χ3v) is 5.06. The van der Waals surface area contributed by atoms with Crippen molar-refractivity contribution in [3.05, 3.63) is 72.8 Å². The summed E-state index contributed by atoms with van der Waals surface area (Å²) in [7, 11) is 1.63. The maximum atomic E-state index is 12.4. The highest BCUT2D eigenvalue weighted by atomic mass is 16.6. The van der Waals surface area contributed by atoms with E-state index in [9.17, 15) is 9.90 Å². The molecule has 176 valence electrons. The van der Waals surface area contributed by atoms with Crippen molar-refractivity contribution >= 4 is 28.3 Å². The largest absolute Gasteiger partial charge is 0.443 e. The van der Waals surface area contributed by atoms with Crippen LogP contribution in [0.15, 0.2) is 67.1 Å². The van der Waals surface area contributed by atoms with Crippen LogP contribution in [0.3, 0.4) is 0 Å². The number of rotatable bonds is 8. The molecule has 2 rings (SSSR count). The Bertz CT molecular complexity index is 1090. The van der Waals surface area contributed by atoms with E-state index < -0.39 is 17.8 Å². The second-order valence-electron chi connectivity index (χ2n) is 8.98. The number of aromatic nitrogens is 2. The smallest absolute Gasteiger partial charge is 0.415 e. The Kier molecular flexibility index (Phi) is 8.71. The number of allylic oxidation sites excluding steroid dienone is 4. The van der Waals surface area contributed by atoms with Crippen molar-refractivity contribution in [2.45, 2.75) is 59.2 Å². The van der Waals surface area contributed by atoms with Crippen molar-refractivity contribution in [1.82, 2.24) is 9.97 Å². The van der Waals surface area contributed by atoms with Gasteiger partial charge in [-0.2, -0.15) is 0 Å². The average Bonchev–Trinajstić information content (AvgIpc) is 2.75. The minimum Gasteiger partial charge on any atom is -0.443 e. The number of amides is 1. The number of pyridine rings is 2. The van der Waals surface area contributed by atoms with Crippen LogP contribution in [-0.2, 0) is 4.74 Å². The van der Waals surface area contributed by atoms with E-state index in [0.29, 0.717) is 17.8 Å². The van der Waals surface area contributed by atoms with Crippen molar-refractivity contribution < 1.29 is 14.6 Å². The molecule has 1 amide bonds. The topological polar surface area (TPSA) is 75.6 Å². The Morgan fingerprint density at radius 1 is 1.24 bits per heavy atom. The molecule has 1 N–H and O–H groups in total. The highest BCUT2D eigenvalue weighted by Gasteiger charge is 2.21. The lowest BCUT2D eigenvalue weighted by atomic mass is 9.97. The SMILES string of the molecule is C=CCCC(O)C(=C)/C=C(C)\C(=C/C)c1cc2cnc(N(C)C(=O)OC(C)(C)C)cc2cn1. The Morgan fingerprint density at radius 2 is 1.88 bits per heavy atom. The summed E-state index contributed by atoms with van der Waals surface area (Å²) in [5.41, 5.74) is 2.78. The molecule has 0 bridgehead atoms. The van der Waals surface area contributed by atoms with Crippen LogP contribution in [0.5, 0.6) is 0 Å². The van der Waals surface area contributed by atoms with E-state index in [-0.39, 0.29) is 0 Å². The van der Waals surface area contributed by atoms with Gasteiger partial charge in [0.1, 0.15) is 11.4 Å². The van der Waals surface area contributed by atoms with Crippen LogP contribution in [0.2, 0.25) is 0 Å². The number of ether oxygens (including phenoxy) is 1. The van der Waals surface area contributed by atoms with Gasteiger partial charge in [0.25, 0.3) is 0 Å². The Labute approximate surface area is 197 Å². The molecule has 0 fully saturated rings. The molecule has 2 aromatic rings. The number of hydrogen-bond donors (Lipinski definition) is 1. The summed E-state index contributed by atoms with van der Waals surface area (Å²) in [4.78, 5) is 22.8. The Balaban J connectivity index is 2.28. The van der Waals surface area contributed by atoms with Gasteiger partial charge in [0.05, 0.1) is 11.8 Å². The molecule has 6 nitrogen and oxygen atoms in total. The molecule has 0 radical (unpaired) electrons. The number of aliphatic hydroxyl groups excluding tert-OH is 1. The van der Waals surface area contributed by atoms with Gasteiger partial charge in [0.15, 0.2) is 0 Å². The Morgan fingerprint density at radius 3 is 2.48 bits per heavy atom. The van der Waals surface area contributed by atoms with E-state index in [1.807, 2.05) is 58.9 Å². The van der Waals surface area contributed by atoms with Gasteiger partial charge in [-0.05, 0) is 76.3 Å². The van der Waals surface area contributed by atoms with Crippen LogP contribution in [0.4, 0.5) is 10.6 Å². The van der Waals surface area contributed by atoms with Crippen molar-refractivity contribution in [2.24, 2.45) is 0 Å². The van der Waals surface area contributed by atoms with Crippen LogP contribution in [0, 0.1) is 0 Å². The van der Waals surface area contributed by atoms with Crippen LogP contribution >= 0.6 is 0 Å². The molecule has 0 aliphatic heterocycles. The molecule has 0 aliphatic carbocycles. The summed E-state index contributed by atoms with van der Waals surface area (Å²) in [6.07, 6.45) is 9.41. The predicted molar refractivity (Wildman–Crippen MR) is 136 cm³/mol. The van der Waals surface area contributed by atoms with Gasteiger partial charge in [0.2, 0.25) is 0 Å². The van der Waals surface area contributed by atoms with Crippen molar-refractivity contribution in [1.29, 1.82) is 0 Å². The molecular weight excluding hydrogens is 414 g/mol. The maximum Gasteiger partial charge on any atom is 0.415 e. The van der Waals surface area contributed by atoms with Gasteiger partial charge in [-0.25, -0.2) is 9.78 Å². The molecule has 0 saturated heterocycles. The van der Waals surface area contributed by atoms with Gasteiger partial charge in [-0.3, -0.25) is 9.88 Å². The van der Waals surface area contributed by atoms with Crippen LogP contribution in [-0.4, -0.2) is 39.9 Å². The van der Waals surface area contributed by atoms with E-state index in [4.69, 9.17) is 4.74 Å². The molecule has 0 spiro atoms. The number of carbonyl (C=O) groups excluding carboxylic acids is 1. The molecule has 6 heteroatoms. The quantitative estimate of drug-likeness (QED) is 0.382. The van der Waals surface area contributed by atoms with Gasteiger partial charge >= 0.3 is 6.09 Å².